The smallest absolute Gasteiger partial charge is 0.0964 e. The number of amidine groups is 1. The van der Waals surface area contributed by atoms with E-state index in [1.54, 1.807) is 6.92 Å². The molecule has 0 atom stereocenters. The first-order valence-corrected chi connectivity index (χ1v) is 4.16. The first-order chi connectivity index (χ1) is 6.09. The molecule has 0 heterocycles. The maximum Gasteiger partial charge on any atom is 0.0964 e. The van der Waals surface area contributed by atoms with Crippen LogP contribution in [0.4, 0.5) is 0 Å². The quantitative estimate of drug-likeness (QED) is 0.542. The molecule has 0 aromatic heterocycles. The van der Waals surface area contributed by atoms with E-state index in [-0.39, 0.29) is 0 Å². The molecule has 0 fully saturated rings. The van der Waals surface area contributed by atoms with Crippen molar-refractivity contribution in [3.05, 3.63) is 42.0 Å². The van der Waals surface area contributed by atoms with Crippen molar-refractivity contribution in [2.75, 3.05) is 0 Å². The van der Waals surface area contributed by atoms with Crippen molar-refractivity contribution in [1.29, 1.82) is 0 Å². The standard InChI is InChI=1S/C11H14N2/c1-8-4-6-11(7-5-8)9(2)13-10(3)12/h4-7H,2H2,1,3H3,(H2,12,13). The van der Waals surface area contributed by atoms with E-state index < -0.39 is 0 Å². The van der Waals surface area contributed by atoms with Crippen molar-refractivity contribution in [2.24, 2.45) is 10.7 Å². The van der Waals surface area contributed by atoms with Gasteiger partial charge in [-0.2, -0.15) is 0 Å². The van der Waals surface area contributed by atoms with Crippen LogP contribution in [-0.2, 0) is 0 Å². The topological polar surface area (TPSA) is 38.4 Å². The van der Waals surface area contributed by atoms with Gasteiger partial charge in [-0.25, -0.2) is 4.99 Å². The fourth-order valence-electron chi connectivity index (χ4n) is 1.02. The van der Waals surface area contributed by atoms with Crippen molar-refractivity contribution in [3.63, 3.8) is 0 Å². The number of nitrogens with two attached hydrogens (primary N) is 1. The van der Waals surface area contributed by atoms with Crippen LogP contribution in [0.3, 0.4) is 0 Å². The van der Waals surface area contributed by atoms with E-state index in [9.17, 15) is 0 Å². The van der Waals surface area contributed by atoms with E-state index in [1.807, 2.05) is 31.2 Å². The third-order valence-electron chi connectivity index (χ3n) is 1.70. The molecule has 0 saturated heterocycles. The van der Waals surface area contributed by atoms with Gasteiger partial charge in [0.1, 0.15) is 0 Å². The number of benzene rings is 1. The Morgan fingerprint density at radius 2 is 1.85 bits per heavy atom. The van der Waals surface area contributed by atoms with Crippen molar-refractivity contribution in [2.45, 2.75) is 13.8 Å². The van der Waals surface area contributed by atoms with Crippen LogP contribution in [0.1, 0.15) is 18.1 Å². The Kier molecular flexibility index (Phi) is 2.85. The van der Waals surface area contributed by atoms with Crippen LogP contribution in [0.15, 0.2) is 35.8 Å². The molecule has 0 aliphatic carbocycles. The second kappa shape index (κ2) is 3.90. The summed E-state index contributed by atoms with van der Waals surface area (Å²) in [5, 5.41) is 0. The minimum atomic E-state index is 0.533. The van der Waals surface area contributed by atoms with E-state index in [1.165, 1.54) is 5.56 Å². The molecule has 0 aliphatic heterocycles. The number of aryl methyl sites for hydroxylation is 1. The zero-order chi connectivity index (χ0) is 9.84. The Labute approximate surface area is 78.8 Å². The third kappa shape index (κ3) is 2.75. The maximum atomic E-state index is 5.45. The van der Waals surface area contributed by atoms with Crippen LogP contribution < -0.4 is 5.73 Å². The van der Waals surface area contributed by atoms with Crippen molar-refractivity contribution in [3.8, 4) is 0 Å². The Morgan fingerprint density at radius 1 is 1.31 bits per heavy atom. The fraction of sp³-hybridized carbons (Fsp3) is 0.182. The zero-order valence-corrected chi connectivity index (χ0v) is 8.04. The lowest BCUT2D eigenvalue weighted by Gasteiger charge is -2.00. The summed E-state index contributed by atoms with van der Waals surface area (Å²) in [6.07, 6.45) is 0. The summed E-state index contributed by atoms with van der Waals surface area (Å²) in [5.74, 6) is 0.533. The molecule has 13 heavy (non-hydrogen) atoms. The predicted molar refractivity (Wildman–Crippen MR) is 57.5 cm³/mol. The molecule has 1 aromatic carbocycles. The van der Waals surface area contributed by atoms with Crippen LogP contribution in [0.2, 0.25) is 0 Å². The Hall–Kier alpha value is -1.57. The van der Waals surface area contributed by atoms with Crippen LogP contribution in [-0.4, -0.2) is 5.84 Å². The molecular weight excluding hydrogens is 160 g/mol. The Bertz CT molecular complexity index is 330. The van der Waals surface area contributed by atoms with E-state index >= 15 is 0 Å². The zero-order valence-electron chi connectivity index (χ0n) is 8.04. The summed E-state index contributed by atoms with van der Waals surface area (Å²) in [6.45, 7) is 7.62. The van der Waals surface area contributed by atoms with Gasteiger partial charge in [-0.05, 0) is 19.4 Å². The van der Waals surface area contributed by atoms with Gasteiger partial charge in [-0.1, -0.05) is 36.4 Å². The minimum absolute atomic E-state index is 0.533. The Morgan fingerprint density at radius 3 is 2.31 bits per heavy atom. The highest BCUT2D eigenvalue weighted by molar-refractivity contribution is 5.84. The largest absolute Gasteiger partial charge is 0.387 e. The van der Waals surface area contributed by atoms with E-state index in [0.717, 1.165) is 5.56 Å². The van der Waals surface area contributed by atoms with Crippen LogP contribution in [0.25, 0.3) is 5.70 Å². The van der Waals surface area contributed by atoms with Gasteiger partial charge < -0.3 is 5.73 Å². The van der Waals surface area contributed by atoms with Gasteiger partial charge in [0.2, 0.25) is 0 Å². The molecule has 1 rings (SSSR count). The number of aliphatic imine (C=N–C) groups is 1. The molecule has 2 N–H and O–H groups in total. The molecule has 68 valence electrons. The summed E-state index contributed by atoms with van der Waals surface area (Å²) < 4.78 is 0. The monoisotopic (exact) mass is 174 g/mol. The highest BCUT2D eigenvalue weighted by Crippen LogP contribution is 2.13. The lowest BCUT2D eigenvalue weighted by Crippen LogP contribution is -2.04. The lowest BCUT2D eigenvalue weighted by atomic mass is 10.1. The molecule has 2 heteroatoms. The minimum Gasteiger partial charge on any atom is -0.387 e. The van der Waals surface area contributed by atoms with Gasteiger partial charge in [0, 0.05) is 0 Å². The van der Waals surface area contributed by atoms with E-state index in [0.29, 0.717) is 11.5 Å². The Balaban J connectivity index is 2.90. The number of nitrogens with zero attached hydrogens (tertiary/aromatic N) is 1. The highest BCUT2D eigenvalue weighted by atomic mass is 14.8. The van der Waals surface area contributed by atoms with Gasteiger partial charge in [0.05, 0.1) is 11.5 Å². The van der Waals surface area contributed by atoms with Gasteiger partial charge in [-0.3, -0.25) is 0 Å². The molecule has 2 nitrogen and oxygen atoms in total. The number of hydrogen-bond acceptors (Lipinski definition) is 1. The predicted octanol–water partition coefficient (Wildman–Crippen LogP) is 2.34. The van der Waals surface area contributed by atoms with Crippen molar-refractivity contribution < 1.29 is 0 Å². The van der Waals surface area contributed by atoms with Crippen molar-refractivity contribution >= 4 is 11.5 Å². The summed E-state index contributed by atoms with van der Waals surface area (Å²) >= 11 is 0. The summed E-state index contributed by atoms with van der Waals surface area (Å²) in [5.41, 5.74) is 8.39. The normalized spacial score (nSPS) is 11.4. The third-order valence-corrected chi connectivity index (χ3v) is 1.70. The average Bonchev–Trinajstić information content (AvgIpc) is 2.04. The first-order valence-electron chi connectivity index (χ1n) is 4.16. The van der Waals surface area contributed by atoms with Crippen LogP contribution in [0, 0.1) is 6.92 Å². The second-order valence-corrected chi connectivity index (χ2v) is 3.07. The molecule has 1 aromatic rings. The lowest BCUT2D eigenvalue weighted by molar-refractivity contribution is 1.42. The highest BCUT2D eigenvalue weighted by Gasteiger charge is 1.95. The van der Waals surface area contributed by atoms with E-state index in [4.69, 9.17) is 5.73 Å². The van der Waals surface area contributed by atoms with Crippen LogP contribution in [0.5, 0.6) is 0 Å². The van der Waals surface area contributed by atoms with Gasteiger partial charge in [0.15, 0.2) is 0 Å². The molecule has 0 unspecified atom stereocenters. The summed E-state index contributed by atoms with van der Waals surface area (Å²) in [4.78, 5) is 4.08. The van der Waals surface area contributed by atoms with E-state index in [2.05, 4.69) is 11.6 Å². The SMILES string of the molecule is C=C(N=C(C)N)c1ccc(C)cc1. The van der Waals surface area contributed by atoms with Gasteiger partial charge >= 0.3 is 0 Å². The van der Waals surface area contributed by atoms with Crippen LogP contribution >= 0.6 is 0 Å². The second-order valence-electron chi connectivity index (χ2n) is 3.07. The number of hydrogen-bond donors (Lipinski definition) is 1. The van der Waals surface area contributed by atoms with Gasteiger partial charge in [0.25, 0.3) is 0 Å². The van der Waals surface area contributed by atoms with Crippen molar-refractivity contribution in [1.82, 2.24) is 0 Å². The molecule has 0 radical (unpaired) electrons. The summed E-state index contributed by atoms with van der Waals surface area (Å²) in [7, 11) is 0. The summed E-state index contributed by atoms with van der Waals surface area (Å²) in [6, 6.07) is 8.04. The molecule has 0 aliphatic rings. The number of rotatable bonds is 2. The molecule has 0 saturated carbocycles. The molecular formula is C11H14N2. The molecule has 0 amide bonds. The molecule has 0 bridgehead atoms. The fourth-order valence-corrected chi connectivity index (χ4v) is 1.02. The van der Waals surface area contributed by atoms with Gasteiger partial charge in [-0.15, -0.1) is 0 Å². The first kappa shape index (κ1) is 9.52. The maximum absolute atomic E-state index is 5.45. The molecule has 0 spiro atoms. The average molecular weight is 174 g/mol.